The smallest absolute Gasteiger partial charge is 0.335 e. The fraction of sp³-hybridized carbons (Fsp3) is 0.385. The highest BCUT2D eigenvalue weighted by atomic mass is 16.4. The number of carbonyl (C=O) groups excluding carboxylic acids is 1. The van der Waals surface area contributed by atoms with Crippen LogP contribution >= 0.6 is 0 Å². The normalized spacial score (nSPS) is 14.9. The molecule has 1 amide bonds. The summed E-state index contributed by atoms with van der Waals surface area (Å²) in [6.07, 6.45) is 0.476. The summed E-state index contributed by atoms with van der Waals surface area (Å²) in [6, 6.07) is 4.72. The van der Waals surface area contributed by atoms with Crippen LogP contribution in [0.2, 0.25) is 0 Å². The Morgan fingerprint density at radius 1 is 1.44 bits per heavy atom. The minimum absolute atomic E-state index is 0.0628. The summed E-state index contributed by atoms with van der Waals surface area (Å²) in [4.78, 5) is 22.6. The molecule has 0 aliphatic carbocycles. The van der Waals surface area contributed by atoms with Gasteiger partial charge in [0.25, 0.3) is 0 Å². The van der Waals surface area contributed by atoms with Crippen molar-refractivity contribution in [1.29, 1.82) is 0 Å². The second-order valence-electron chi connectivity index (χ2n) is 4.61. The van der Waals surface area contributed by atoms with Crippen molar-refractivity contribution in [3.05, 3.63) is 29.3 Å². The van der Waals surface area contributed by atoms with Gasteiger partial charge in [0.1, 0.15) is 0 Å². The fourth-order valence-electron chi connectivity index (χ4n) is 1.85. The van der Waals surface area contributed by atoms with Crippen LogP contribution in [0.4, 0.5) is 5.69 Å². The van der Waals surface area contributed by atoms with E-state index in [4.69, 9.17) is 5.11 Å². The van der Waals surface area contributed by atoms with Gasteiger partial charge in [-0.05, 0) is 43.6 Å². The number of carbonyl (C=O) groups is 2. The van der Waals surface area contributed by atoms with Gasteiger partial charge >= 0.3 is 5.97 Å². The lowest BCUT2D eigenvalue weighted by molar-refractivity contribution is -0.117. The molecule has 0 atom stereocenters. The second-order valence-corrected chi connectivity index (χ2v) is 4.61. The molecule has 0 saturated carbocycles. The Morgan fingerprint density at radius 2 is 2.17 bits per heavy atom. The second kappa shape index (κ2) is 5.18. The Bertz CT molecular complexity index is 481. The number of hydrogen-bond acceptors (Lipinski definition) is 3. The van der Waals surface area contributed by atoms with Crippen LogP contribution in [0.1, 0.15) is 22.3 Å². The molecular formula is C13H16N2O3. The highest BCUT2D eigenvalue weighted by Crippen LogP contribution is 2.18. The Balaban J connectivity index is 2.04. The summed E-state index contributed by atoms with van der Waals surface area (Å²) in [5.74, 6) is -0.659. The average Bonchev–Trinajstić information content (AvgIpc) is 2.26. The number of aromatic carboxylic acids is 1. The number of aryl methyl sites for hydroxylation is 1. The van der Waals surface area contributed by atoms with Gasteiger partial charge in [-0.1, -0.05) is 6.07 Å². The van der Waals surface area contributed by atoms with Crippen LogP contribution < -0.4 is 10.6 Å². The predicted octanol–water partition coefficient (Wildman–Crippen LogP) is 1.24. The van der Waals surface area contributed by atoms with Crippen molar-refractivity contribution in [1.82, 2.24) is 5.32 Å². The van der Waals surface area contributed by atoms with E-state index in [2.05, 4.69) is 10.6 Å². The van der Waals surface area contributed by atoms with Gasteiger partial charge in [0.2, 0.25) is 5.91 Å². The standard InChI is InChI=1S/C13H16N2O3/c1-8-2-3-10(13(17)18)5-11(8)15-12(16)4-9-6-14-7-9/h2-3,5,9,14H,4,6-7H2,1H3,(H,15,16)(H,17,18). The average molecular weight is 248 g/mol. The van der Waals surface area contributed by atoms with E-state index in [-0.39, 0.29) is 11.5 Å². The number of amides is 1. The van der Waals surface area contributed by atoms with E-state index in [1.54, 1.807) is 6.07 Å². The fourth-order valence-corrected chi connectivity index (χ4v) is 1.85. The third-order valence-electron chi connectivity index (χ3n) is 3.10. The number of carboxylic acid groups (broad SMARTS) is 1. The van der Waals surface area contributed by atoms with E-state index in [0.717, 1.165) is 18.7 Å². The highest BCUT2D eigenvalue weighted by Gasteiger charge is 2.20. The largest absolute Gasteiger partial charge is 0.478 e. The molecule has 0 bridgehead atoms. The van der Waals surface area contributed by atoms with E-state index in [0.29, 0.717) is 18.0 Å². The highest BCUT2D eigenvalue weighted by molar-refractivity contribution is 5.94. The molecule has 5 heteroatoms. The predicted molar refractivity (Wildman–Crippen MR) is 67.7 cm³/mol. The summed E-state index contributed by atoms with van der Waals surface area (Å²) >= 11 is 0. The van der Waals surface area contributed by atoms with Gasteiger partial charge in [0.05, 0.1) is 5.56 Å². The number of hydrogen-bond donors (Lipinski definition) is 3. The molecular weight excluding hydrogens is 232 g/mol. The molecule has 3 N–H and O–H groups in total. The number of nitrogens with one attached hydrogen (secondary N) is 2. The van der Waals surface area contributed by atoms with Gasteiger partial charge in [-0.3, -0.25) is 4.79 Å². The third-order valence-corrected chi connectivity index (χ3v) is 3.10. The molecule has 0 spiro atoms. The van der Waals surface area contributed by atoms with Crippen molar-refractivity contribution in [2.24, 2.45) is 5.92 Å². The van der Waals surface area contributed by atoms with E-state index in [9.17, 15) is 9.59 Å². The topological polar surface area (TPSA) is 78.4 Å². The van der Waals surface area contributed by atoms with Gasteiger partial charge in [-0.2, -0.15) is 0 Å². The van der Waals surface area contributed by atoms with Gasteiger partial charge in [0, 0.05) is 12.1 Å². The van der Waals surface area contributed by atoms with Crippen LogP contribution in [-0.2, 0) is 4.79 Å². The first-order valence-corrected chi connectivity index (χ1v) is 5.91. The van der Waals surface area contributed by atoms with Gasteiger partial charge in [0.15, 0.2) is 0 Å². The Morgan fingerprint density at radius 3 is 2.72 bits per heavy atom. The maximum Gasteiger partial charge on any atom is 0.335 e. The van der Waals surface area contributed by atoms with Crippen molar-refractivity contribution in [2.45, 2.75) is 13.3 Å². The zero-order valence-electron chi connectivity index (χ0n) is 10.2. The van der Waals surface area contributed by atoms with Crippen LogP contribution in [0.25, 0.3) is 0 Å². The minimum Gasteiger partial charge on any atom is -0.478 e. The molecule has 0 unspecified atom stereocenters. The molecule has 1 saturated heterocycles. The van der Waals surface area contributed by atoms with Crippen molar-refractivity contribution >= 4 is 17.6 Å². The monoisotopic (exact) mass is 248 g/mol. The summed E-state index contributed by atoms with van der Waals surface area (Å²) < 4.78 is 0. The first kappa shape index (κ1) is 12.6. The van der Waals surface area contributed by atoms with Crippen LogP contribution in [0.5, 0.6) is 0 Å². The molecule has 96 valence electrons. The zero-order valence-corrected chi connectivity index (χ0v) is 10.2. The van der Waals surface area contributed by atoms with Crippen LogP contribution in [0.3, 0.4) is 0 Å². The quantitative estimate of drug-likeness (QED) is 0.749. The first-order chi connectivity index (χ1) is 8.56. The van der Waals surface area contributed by atoms with Crippen molar-refractivity contribution in [3.8, 4) is 0 Å². The lowest BCUT2D eigenvalue weighted by Gasteiger charge is -2.26. The molecule has 1 aromatic carbocycles. The number of benzene rings is 1. The maximum atomic E-state index is 11.8. The Kier molecular flexibility index (Phi) is 3.62. The molecule has 5 nitrogen and oxygen atoms in total. The van der Waals surface area contributed by atoms with Gasteiger partial charge < -0.3 is 15.7 Å². The molecule has 1 fully saturated rings. The first-order valence-electron chi connectivity index (χ1n) is 5.91. The third kappa shape index (κ3) is 2.87. The summed E-state index contributed by atoms with van der Waals surface area (Å²) in [5.41, 5.74) is 1.62. The molecule has 1 aliphatic rings. The number of anilines is 1. The lowest BCUT2D eigenvalue weighted by Crippen LogP contribution is -2.43. The van der Waals surface area contributed by atoms with Crippen LogP contribution in [0, 0.1) is 12.8 Å². The van der Waals surface area contributed by atoms with E-state index in [1.807, 2.05) is 6.92 Å². The Hall–Kier alpha value is -1.88. The maximum absolute atomic E-state index is 11.8. The van der Waals surface area contributed by atoms with Crippen molar-refractivity contribution in [2.75, 3.05) is 18.4 Å². The van der Waals surface area contributed by atoms with Crippen molar-refractivity contribution in [3.63, 3.8) is 0 Å². The molecule has 1 aliphatic heterocycles. The molecule has 0 radical (unpaired) electrons. The summed E-state index contributed by atoms with van der Waals surface area (Å²) in [6.45, 7) is 3.59. The number of carboxylic acids is 1. The minimum atomic E-state index is -0.992. The lowest BCUT2D eigenvalue weighted by atomic mass is 9.99. The zero-order chi connectivity index (χ0) is 13.1. The van der Waals surface area contributed by atoms with Gasteiger partial charge in [-0.25, -0.2) is 4.79 Å². The molecule has 1 aromatic rings. The Labute approximate surface area is 105 Å². The van der Waals surface area contributed by atoms with E-state index in [1.165, 1.54) is 12.1 Å². The summed E-state index contributed by atoms with van der Waals surface area (Å²) in [7, 11) is 0. The molecule has 18 heavy (non-hydrogen) atoms. The number of rotatable bonds is 4. The molecule has 2 rings (SSSR count). The van der Waals surface area contributed by atoms with E-state index >= 15 is 0 Å². The molecule has 0 aromatic heterocycles. The summed E-state index contributed by atoms with van der Waals surface area (Å²) in [5, 5.41) is 14.8. The van der Waals surface area contributed by atoms with Crippen LogP contribution in [0.15, 0.2) is 18.2 Å². The van der Waals surface area contributed by atoms with E-state index < -0.39 is 5.97 Å². The van der Waals surface area contributed by atoms with Gasteiger partial charge in [-0.15, -0.1) is 0 Å². The SMILES string of the molecule is Cc1ccc(C(=O)O)cc1NC(=O)CC1CNC1. The van der Waals surface area contributed by atoms with Crippen LogP contribution in [-0.4, -0.2) is 30.1 Å². The molecule has 1 heterocycles. The van der Waals surface area contributed by atoms with Crippen molar-refractivity contribution < 1.29 is 14.7 Å².